The number of aromatic nitrogens is 1. The standard InChI is InChI=1S/C18H21Cl2N3O/c1-21-18(7-8-18)11-23(2)14-9-15(16(19)22-10-14)12-3-5-13(6-4-12)17(20)24/h3-5,9-10,13,21H,6-8,11H2,1-2H3. The molecule has 128 valence electrons. The van der Waals surface area contributed by atoms with Crippen LogP contribution in [0.1, 0.15) is 24.8 Å². The average Bonchev–Trinajstić information content (AvgIpc) is 3.35. The molecule has 0 saturated heterocycles. The smallest absolute Gasteiger partial charge is 0.228 e. The Kier molecular flexibility index (Phi) is 5.00. The van der Waals surface area contributed by atoms with Crippen LogP contribution in [0.2, 0.25) is 5.15 Å². The fraction of sp³-hybridized carbons (Fsp3) is 0.444. The van der Waals surface area contributed by atoms with E-state index in [4.69, 9.17) is 23.2 Å². The Bertz CT molecular complexity index is 710. The predicted molar refractivity (Wildman–Crippen MR) is 99.6 cm³/mol. The Morgan fingerprint density at radius 1 is 1.50 bits per heavy atom. The second kappa shape index (κ2) is 6.87. The Balaban J connectivity index is 1.80. The average molecular weight is 366 g/mol. The van der Waals surface area contributed by atoms with Crippen LogP contribution in [0.15, 0.2) is 30.5 Å². The number of allylic oxidation sites excluding steroid dienone is 4. The van der Waals surface area contributed by atoms with E-state index in [0.29, 0.717) is 11.6 Å². The molecule has 0 radical (unpaired) electrons. The highest BCUT2D eigenvalue weighted by molar-refractivity contribution is 6.64. The quantitative estimate of drug-likeness (QED) is 0.617. The number of hydrogen-bond donors (Lipinski definition) is 1. The van der Waals surface area contributed by atoms with E-state index in [1.165, 1.54) is 12.8 Å². The van der Waals surface area contributed by atoms with Gasteiger partial charge in [0, 0.05) is 24.7 Å². The molecule has 1 aromatic heterocycles. The summed E-state index contributed by atoms with van der Waals surface area (Å²) in [7, 11) is 4.08. The van der Waals surface area contributed by atoms with Crippen molar-refractivity contribution in [2.24, 2.45) is 5.92 Å². The summed E-state index contributed by atoms with van der Waals surface area (Å²) >= 11 is 11.9. The van der Waals surface area contributed by atoms with Gasteiger partial charge in [0.05, 0.1) is 17.8 Å². The highest BCUT2D eigenvalue weighted by Gasteiger charge is 2.41. The van der Waals surface area contributed by atoms with Crippen LogP contribution in [-0.2, 0) is 4.79 Å². The summed E-state index contributed by atoms with van der Waals surface area (Å²) in [5, 5.41) is 3.54. The summed E-state index contributed by atoms with van der Waals surface area (Å²) in [6.45, 7) is 0.934. The van der Waals surface area contributed by atoms with Crippen molar-refractivity contribution >= 4 is 39.7 Å². The summed E-state index contributed by atoms with van der Waals surface area (Å²) in [5.41, 5.74) is 3.12. The van der Waals surface area contributed by atoms with Crippen molar-refractivity contribution in [1.29, 1.82) is 0 Å². The molecule has 24 heavy (non-hydrogen) atoms. The van der Waals surface area contributed by atoms with Crippen molar-refractivity contribution in [1.82, 2.24) is 10.3 Å². The third kappa shape index (κ3) is 3.66. The first-order chi connectivity index (χ1) is 11.4. The number of likely N-dealkylation sites (N-methyl/N-ethyl adjacent to an activating group) is 2. The molecule has 6 heteroatoms. The molecule has 1 atom stereocenters. The molecule has 1 unspecified atom stereocenters. The van der Waals surface area contributed by atoms with Gasteiger partial charge in [-0.3, -0.25) is 4.79 Å². The molecule has 2 aliphatic carbocycles. The lowest BCUT2D eigenvalue weighted by Crippen LogP contribution is -2.39. The van der Waals surface area contributed by atoms with Gasteiger partial charge in [0.25, 0.3) is 0 Å². The predicted octanol–water partition coefficient (Wildman–Crippen LogP) is 3.65. The van der Waals surface area contributed by atoms with Gasteiger partial charge >= 0.3 is 0 Å². The van der Waals surface area contributed by atoms with E-state index in [-0.39, 0.29) is 16.7 Å². The van der Waals surface area contributed by atoms with E-state index in [9.17, 15) is 4.79 Å². The van der Waals surface area contributed by atoms with Gasteiger partial charge in [-0.15, -0.1) is 0 Å². The second-order valence-corrected chi connectivity index (χ2v) is 7.31. The van der Waals surface area contributed by atoms with E-state index >= 15 is 0 Å². The van der Waals surface area contributed by atoms with Gasteiger partial charge in [-0.25, -0.2) is 4.98 Å². The van der Waals surface area contributed by atoms with Crippen molar-refractivity contribution in [3.8, 4) is 0 Å². The lowest BCUT2D eigenvalue weighted by molar-refractivity contribution is -0.113. The van der Waals surface area contributed by atoms with Gasteiger partial charge in [0.15, 0.2) is 0 Å². The van der Waals surface area contributed by atoms with Crippen LogP contribution in [0.25, 0.3) is 5.57 Å². The molecule has 0 aromatic carbocycles. The SMILES string of the molecule is CNC1(CN(C)c2cnc(Cl)c(C3=CCC(C(=O)Cl)C=C3)c2)CC1. The maximum atomic E-state index is 11.3. The van der Waals surface area contributed by atoms with Gasteiger partial charge in [-0.1, -0.05) is 29.8 Å². The summed E-state index contributed by atoms with van der Waals surface area (Å²) < 4.78 is 0. The van der Waals surface area contributed by atoms with Crippen LogP contribution in [0.5, 0.6) is 0 Å². The summed E-state index contributed by atoms with van der Waals surface area (Å²) in [6.07, 6.45) is 10.5. The van der Waals surface area contributed by atoms with E-state index in [1.807, 2.05) is 25.3 Å². The maximum absolute atomic E-state index is 11.3. The summed E-state index contributed by atoms with van der Waals surface area (Å²) in [4.78, 5) is 17.8. The zero-order valence-electron chi connectivity index (χ0n) is 13.9. The Morgan fingerprint density at radius 2 is 2.25 bits per heavy atom. The van der Waals surface area contributed by atoms with Gasteiger partial charge in [0.1, 0.15) is 5.15 Å². The van der Waals surface area contributed by atoms with Gasteiger partial charge in [-0.2, -0.15) is 0 Å². The number of carbonyl (C=O) groups excluding carboxylic acids is 1. The maximum Gasteiger partial charge on any atom is 0.228 e. The molecule has 2 aliphatic rings. The fourth-order valence-corrected chi connectivity index (χ4v) is 3.39. The van der Waals surface area contributed by atoms with Gasteiger partial charge < -0.3 is 10.2 Å². The van der Waals surface area contributed by atoms with Crippen LogP contribution >= 0.6 is 23.2 Å². The second-order valence-electron chi connectivity index (χ2n) is 6.58. The lowest BCUT2D eigenvalue weighted by atomic mass is 9.94. The zero-order chi connectivity index (χ0) is 17.3. The fourth-order valence-electron chi connectivity index (χ4n) is 3.02. The molecule has 1 fully saturated rings. The van der Waals surface area contributed by atoms with Gasteiger partial charge in [-0.05, 0) is 49.6 Å². The number of hydrogen-bond acceptors (Lipinski definition) is 4. The third-order valence-electron chi connectivity index (χ3n) is 4.89. The van der Waals surface area contributed by atoms with Crippen molar-refractivity contribution in [3.05, 3.63) is 41.2 Å². The summed E-state index contributed by atoms with van der Waals surface area (Å²) in [6, 6.07) is 2.06. The van der Waals surface area contributed by atoms with Crippen molar-refractivity contribution in [2.75, 3.05) is 25.5 Å². The Morgan fingerprint density at radius 3 is 2.79 bits per heavy atom. The first-order valence-corrected chi connectivity index (χ1v) is 8.83. The number of nitrogens with zero attached hydrogens (tertiary/aromatic N) is 2. The van der Waals surface area contributed by atoms with Crippen LogP contribution in [0, 0.1) is 5.92 Å². The van der Waals surface area contributed by atoms with Crippen LogP contribution in [0.3, 0.4) is 0 Å². The summed E-state index contributed by atoms with van der Waals surface area (Å²) in [5.74, 6) is -0.252. The molecule has 0 amide bonds. The minimum Gasteiger partial charge on any atom is -0.371 e. The minimum atomic E-state index is -0.332. The molecule has 1 N–H and O–H groups in total. The third-order valence-corrected chi connectivity index (χ3v) is 5.47. The normalized spacial score (nSPS) is 21.3. The van der Waals surface area contributed by atoms with Crippen LogP contribution in [-0.4, -0.2) is 36.4 Å². The molecule has 1 saturated carbocycles. The first kappa shape index (κ1) is 17.5. The topological polar surface area (TPSA) is 45.2 Å². The highest BCUT2D eigenvalue weighted by Crippen LogP contribution is 2.37. The number of anilines is 1. The first-order valence-electron chi connectivity index (χ1n) is 8.08. The van der Waals surface area contributed by atoms with Crippen molar-refractivity contribution in [3.63, 3.8) is 0 Å². The number of carbonyl (C=O) groups is 1. The number of pyridine rings is 1. The largest absolute Gasteiger partial charge is 0.371 e. The Labute approximate surface area is 152 Å². The molecule has 0 aliphatic heterocycles. The van der Waals surface area contributed by atoms with E-state index < -0.39 is 0 Å². The minimum absolute atomic E-state index is 0.229. The Hall–Kier alpha value is -1.36. The van der Waals surface area contributed by atoms with E-state index in [1.54, 1.807) is 6.20 Å². The molecule has 0 bridgehead atoms. The molecule has 4 nitrogen and oxygen atoms in total. The van der Waals surface area contributed by atoms with Gasteiger partial charge in [0.2, 0.25) is 5.24 Å². The van der Waals surface area contributed by atoms with Crippen LogP contribution < -0.4 is 10.2 Å². The molecule has 1 aromatic rings. The van der Waals surface area contributed by atoms with E-state index in [2.05, 4.69) is 28.3 Å². The molecule has 1 heterocycles. The lowest BCUT2D eigenvalue weighted by Gasteiger charge is -2.26. The molecular weight excluding hydrogens is 345 g/mol. The zero-order valence-corrected chi connectivity index (χ0v) is 15.4. The molecule has 0 spiro atoms. The van der Waals surface area contributed by atoms with Crippen LogP contribution in [0.4, 0.5) is 5.69 Å². The molecular formula is C18H21Cl2N3O. The number of rotatable bonds is 6. The molecule has 3 rings (SSSR count). The number of halogens is 2. The monoisotopic (exact) mass is 365 g/mol. The van der Waals surface area contributed by atoms with Crippen molar-refractivity contribution < 1.29 is 4.79 Å². The van der Waals surface area contributed by atoms with E-state index in [0.717, 1.165) is 23.4 Å². The number of nitrogens with one attached hydrogen (secondary N) is 1. The highest BCUT2D eigenvalue weighted by atomic mass is 35.5. The van der Waals surface area contributed by atoms with Crippen molar-refractivity contribution in [2.45, 2.75) is 24.8 Å².